The van der Waals surface area contributed by atoms with Crippen LogP contribution in [0.5, 0.6) is 0 Å². The number of allylic oxidation sites excluding steroid dienone is 2. The molecule has 0 aromatic heterocycles. The highest BCUT2D eigenvalue weighted by Crippen LogP contribution is 2.14. The third-order valence-corrected chi connectivity index (χ3v) is 7.84. The molecule has 0 saturated carbocycles. The van der Waals surface area contributed by atoms with Crippen molar-refractivity contribution in [1.82, 2.24) is 0 Å². The Morgan fingerprint density at radius 3 is 1.43 bits per heavy atom. The Balaban J connectivity index is 3.28. The third-order valence-electron chi connectivity index (χ3n) is 7.84. The second kappa shape index (κ2) is 34.3. The first-order valence-electron chi connectivity index (χ1n) is 17.8. The molecular weight excluding hydrogens is 496 g/mol. The van der Waals surface area contributed by atoms with E-state index in [1.165, 1.54) is 135 Å². The Morgan fingerprint density at radius 1 is 0.575 bits per heavy atom. The minimum absolute atomic E-state index is 0.169. The number of aliphatic hydroxyl groups excluding tert-OH is 1. The van der Waals surface area contributed by atoms with Crippen LogP contribution >= 0.6 is 0 Å². The van der Waals surface area contributed by atoms with E-state index in [1.807, 2.05) is 0 Å². The van der Waals surface area contributed by atoms with Gasteiger partial charge in [0.25, 0.3) is 0 Å². The Bertz CT molecular complexity index is 519. The number of hydrogen-bond donors (Lipinski definition) is 1. The maximum atomic E-state index is 11.8. The number of esters is 1. The predicted octanol–water partition coefficient (Wildman–Crippen LogP) is 11.0. The van der Waals surface area contributed by atoms with E-state index in [4.69, 9.17) is 9.47 Å². The summed E-state index contributed by atoms with van der Waals surface area (Å²) in [5, 5.41) is 9.42. The van der Waals surface area contributed by atoms with Crippen molar-refractivity contribution in [1.29, 1.82) is 0 Å². The van der Waals surface area contributed by atoms with Crippen molar-refractivity contribution in [3.63, 3.8) is 0 Å². The van der Waals surface area contributed by atoms with Gasteiger partial charge in [-0.25, -0.2) is 0 Å². The summed E-state index contributed by atoms with van der Waals surface area (Å²) in [4.78, 5) is 11.8. The van der Waals surface area contributed by atoms with Gasteiger partial charge in [0.2, 0.25) is 0 Å². The molecule has 0 bridgehead atoms. The zero-order valence-corrected chi connectivity index (χ0v) is 27.1. The lowest BCUT2D eigenvalue weighted by Crippen LogP contribution is -2.27. The molecular formula is C36H70O4. The summed E-state index contributed by atoms with van der Waals surface area (Å²) in [5.74, 6) is -0.217. The van der Waals surface area contributed by atoms with Gasteiger partial charge in [0, 0.05) is 13.0 Å². The van der Waals surface area contributed by atoms with Crippen LogP contribution in [0.4, 0.5) is 0 Å². The standard InChI is InChI=1S/C36H70O4/c1-3-5-7-9-10-11-12-13-14-15-16-17-18-19-20-21-22-23-24-25-26-27-28-30-32-39-34-35(33-37)40-36(38)31-29-8-6-4-2/h15-16,35,37H,3-14,17-34H2,1-2H3/b16-15-. The second-order valence-electron chi connectivity index (χ2n) is 11.9. The molecule has 0 amide bonds. The van der Waals surface area contributed by atoms with Crippen molar-refractivity contribution >= 4 is 5.97 Å². The molecule has 1 unspecified atom stereocenters. The molecule has 0 saturated heterocycles. The van der Waals surface area contributed by atoms with Gasteiger partial charge in [0.1, 0.15) is 6.10 Å². The van der Waals surface area contributed by atoms with Gasteiger partial charge in [-0.15, -0.1) is 0 Å². The molecule has 1 atom stereocenters. The molecule has 0 radical (unpaired) electrons. The van der Waals surface area contributed by atoms with E-state index in [0.717, 1.165) is 32.1 Å². The van der Waals surface area contributed by atoms with Crippen LogP contribution in [0.25, 0.3) is 0 Å². The smallest absolute Gasteiger partial charge is 0.306 e. The number of rotatable bonds is 33. The van der Waals surface area contributed by atoms with Crippen molar-refractivity contribution in [2.45, 2.75) is 193 Å². The fourth-order valence-corrected chi connectivity index (χ4v) is 5.15. The van der Waals surface area contributed by atoms with Crippen molar-refractivity contribution in [2.75, 3.05) is 19.8 Å². The van der Waals surface area contributed by atoms with Crippen molar-refractivity contribution in [2.24, 2.45) is 0 Å². The van der Waals surface area contributed by atoms with Gasteiger partial charge in [0.05, 0.1) is 13.2 Å². The molecule has 0 aliphatic rings. The zero-order valence-electron chi connectivity index (χ0n) is 27.1. The topological polar surface area (TPSA) is 55.8 Å². The highest BCUT2D eigenvalue weighted by atomic mass is 16.6. The van der Waals surface area contributed by atoms with Crippen LogP contribution in [-0.4, -0.2) is 37.0 Å². The monoisotopic (exact) mass is 567 g/mol. The third kappa shape index (κ3) is 31.7. The largest absolute Gasteiger partial charge is 0.457 e. The van der Waals surface area contributed by atoms with Gasteiger partial charge in [-0.05, 0) is 38.5 Å². The Hall–Kier alpha value is -0.870. The number of hydrogen-bond acceptors (Lipinski definition) is 4. The van der Waals surface area contributed by atoms with Crippen molar-refractivity contribution < 1.29 is 19.4 Å². The first-order valence-corrected chi connectivity index (χ1v) is 17.8. The van der Waals surface area contributed by atoms with E-state index >= 15 is 0 Å². The van der Waals surface area contributed by atoms with Crippen LogP contribution in [0.1, 0.15) is 187 Å². The zero-order chi connectivity index (χ0) is 29.2. The Kier molecular flexibility index (Phi) is 33.6. The summed E-state index contributed by atoms with van der Waals surface area (Å²) in [5.41, 5.74) is 0. The van der Waals surface area contributed by atoms with Crippen molar-refractivity contribution in [3.8, 4) is 0 Å². The van der Waals surface area contributed by atoms with Crippen molar-refractivity contribution in [3.05, 3.63) is 12.2 Å². The number of unbranched alkanes of at least 4 members (excludes halogenated alkanes) is 23. The molecule has 0 aliphatic heterocycles. The van der Waals surface area contributed by atoms with E-state index in [1.54, 1.807) is 0 Å². The SMILES string of the molecule is CCCCCCCCCC/C=C\CCCCCCCCCCCCCCOCC(CO)OC(=O)CCCCCC. The maximum absolute atomic E-state index is 11.8. The molecule has 238 valence electrons. The molecule has 0 aromatic carbocycles. The number of carbonyl (C=O) groups excluding carboxylic acids is 1. The summed E-state index contributed by atoms with van der Waals surface area (Å²) >= 11 is 0. The van der Waals surface area contributed by atoms with E-state index in [-0.39, 0.29) is 12.6 Å². The highest BCUT2D eigenvalue weighted by molar-refractivity contribution is 5.69. The summed E-state index contributed by atoms with van der Waals surface area (Å²) in [6.07, 6.45) is 38.8. The fourth-order valence-electron chi connectivity index (χ4n) is 5.15. The molecule has 0 spiro atoms. The van der Waals surface area contributed by atoms with Crippen LogP contribution in [-0.2, 0) is 14.3 Å². The minimum Gasteiger partial charge on any atom is -0.457 e. The van der Waals surface area contributed by atoms with Crippen LogP contribution in [0.15, 0.2) is 12.2 Å². The lowest BCUT2D eigenvalue weighted by Gasteiger charge is -2.15. The van der Waals surface area contributed by atoms with E-state index in [0.29, 0.717) is 19.6 Å². The fraction of sp³-hybridized carbons (Fsp3) is 0.917. The summed E-state index contributed by atoms with van der Waals surface area (Å²) < 4.78 is 11.0. The summed E-state index contributed by atoms with van der Waals surface area (Å²) in [7, 11) is 0. The number of ether oxygens (including phenoxy) is 2. The van der Waals surface area contributed by atoms with E-state index in [2.05, 4.69) is 26.0 Å². The average Bonchev–Trinajstić information content (AvgIpc) is 2.96. The molecule has 4 heteroatoms. The van der Waals surface area contributed by atoms with Crippen LogP contribution < -0.4 is 0 Å². The molecule has 40 heavy (non-hydrogen) atoms. The Morgan fingerprint density at radius 2 is 0.975 bits per heavy atom. The summed E-state index contributed by atoms with van der Waals surface area (Å²) in [6, 6.07) is 0. The van der Waals surface area contributed by atoms with Gasteiger partial charge < -0.3 is 14.6 Å². The molecule has 0 rings (SSSR count). The maximum Gasteiger partial charge on any atom is 0.306 e. The van der Waals surface area contributed by atoms with Gasteiger partial charge in [-0.2, -0.15) is 0 Å². The van der Waals surface area contributed by atoms with E-state index < -0.39 is 6.10 Å². The minimum atomic E-state index is -0.523. The molecule has 0 fully saturated rings. The molecule has 4 nitrogen and oxygen atoms in total. The van der Waals surface area contributed by atoms with Gasteiger partial charge >= 0.3 is 5.97 Å². The van der Waals surface area contributed by atoms with Crippen LogP contribution in [0, 0.1) is 0 Å². The highest BCUT2D eigenvalue weighted by Gasteiger charge is 2.13. The normalized spacial score (nSPS) is 12.4. The number of carbonyl (C=O) groups is 1. The molecule has 0 aliphatic carbocycles. The van der Waals surface area contributed by atoms with Gasteiger partial charge in [0.15, 0.2) is 0 Å². The van der Waals surface area contributed by atoms with Crippen LogP contribution in [0.2, 0.25) is 0 Å². The summed E-state index contributed by atoms with van der Waals surface area (Å²) in [6.45, 7) is 5.25. The molecule has 0 heterocycles. The van der Waals surface area contributed by atoms with E-state index in [9.17, 15) is 9.90 Å². The predicted molar refractivity (Wildman–Crippen MR) is 173 cm³/mol. The first kappa shape index (κ1) is 39.1. The molecule has 0 aromatic rings. The molecule has 1 N–H and O–H groups in total. The lowest BCUT2D eigenvalue weighted by molar-refractivity contribution is -0.154. The number of aliphatic hydroxyl groups is 1. The van der Waals surface area contributed by atoms with Crippen LogP contribution in [0.3, 0.4) is 0 Å². The first-order chi connectivity index (χ1) is 19.7. The second-order valence-corrected chi connectivity index (χ2v) is 11.9. The average molecular weight is 567 g/mol. The van der Waals surface area contributed by atoms with Gasteiger partial charge in [-0.3, -0.25) is 4.79 Å². The lowest BCUT2D eigenvalue weighted by atomic mass is 10.0. The quantitative estimate of drug-likeness (QED) is 0.0487. The Labute approximate surface area is 250 Å². The van der Waals surface area contributed by atoms with Gasteiger partial charge in [-0.1, -0.05) is 154 Å².